The quantitative estimate of drug-likeness (QED) is 0.792. The molecule has 1 heterocycles. The number of nitrogens with two attached hydrogens (primary N) is 1. The number of carbonyl (C=O) groups is 1. The highest BCUT2D eigenvalue weighted by atomic mass is 79.9. The molecule has 0 fully saturated rings. The zero-order valence-electron chi connectivity index (χ0n) is 12.1. The molecular formula is C15H20BrNO4. The molecule has 1 aliphatic rings. The molecule has 0 radical (unpaired) electrons. The van der Waals surface area contributed by atoms with Crippen molar-refractivity contribution in [3.63, 3.8) is 0 Å². The smallest absolute Gasteiger partial charge is 0.305 e. The van der Waals surface area contributed by atoms with Crippen LogP contribution in [0.3, 0.4) is 0 Å². The minimum Gasteiger partial charge on any atom is -0.486 e. The third-order valence-electron chi connectivity index (χ3n) is 3.26. The maximum absolute atomic E-state index is 11.3. The Bertz CT molecular complexity index is 507. The molecule has 0 aromatic heterocycles. The van der Waals surface area contributed by atoms with Gasteiger partial charge >= 0.3 is 5.97 Å². The van der Waals surface area contributed by atoms with Gasteiger partial charge in [-0.15, -0.1) is 0 Å². The molecule has 2 rings (SSSR count). The highest BCUT2D eigenvalue weighted by Gasteiger charge is 2.18. The second kappa shape index (κ2) is 7.66. The van der Waals surface area contributed by atoms with E-state index >= 15 is 0 Å². The van der Waals surface area contributed by atoms with E-state index in [0.29, 0.717) is 39.1 Å². The van der Waals surface area contributed by atoms with E-state index in [2.05, 4.69) is 15.9 Å². The van der Waals surface area contributed by atoms with Crippen molar-refractivity contribution in [1.82, 2.24) is 0 Å². The molecule has 5 nitrogen and oxygen atoms in total. The number of fused-ring (bicyclic) bond motifs is 1. The zero-order valence-corrected chi connectivity index (χ0v) is 13.6. The molecule has 0 spiro atoms. The Balaban J connectivity index is 1.95. The van der Waals surface area contributed by atoms with E-state index in [1.807, 2.05) is 12.1 Å². The van der Waals surface area contributed by atoms with Crippen molar-refractivity contribution in [1.29, 1.82) is 0 Å². The van der Waals surface area contributed by atoms with Gasteiger partial charge in [0.25, 0.3) is 0 Å². The molecule has 116 valence electrons. The van der Waals surface area contributed by atoms with Crippen molar-refractivity contribution < 1.29 is 19.0 Å². The van der Waals surface area contributed by atoms with Gasteiger partial charge in [0.1, 0.15) is 13.2 Å². The van der Waals surface area contributed by atoms with Crippen LogP contribution >= 0.6 is 15.9 Å². The number of hydrogen-bond donors (Lipinski definition) is 1. The second-order valence-corrected chi connectivity index (χ2v) is 5.68. The summed E-state index contributed by atoms with van der Waals surface area (Å²) in [4.78, 5) is 11.3. The highest BCUT2D eigenvalue weighted by Crippen LogP contribution is 2.38. The van der Waals surface area contributed by atoms with Crippen LogP contribution in [0.2, 0.25) is 0 Å². The highest BCUT2D eigenvalue weighted by molar-refractivity contribution is 9.10. The number of ether oxygens (including phenoxy) is 3. The Morgan fingerprint density at radius 2 is 2.05 bits per heavy atom. The van der Waals surface area contributed by atoms with Crippen LogP contribution in [0, 0.1) is 0 Å². The van der Waals surface area contributed by atoms with Gasteiger partial charge < -0.3 is 19.9 Å². The Hall–Kier alpha value is -1.27. The number of halogens is 1. The number of esters is 1. The molecule has 2 N–H and O–H groups in total. The molecule has 0 saturated heterocycles. The maximum Gasteiger partial charge on any atom is 0.305 e. The van der Waals surface area contributed by atoms with Crippen molar-refractivity contribution in [3.05, 3.63) is 22.2 Å². The third-order valence-corrected chi connectivity index (χ3v) is 3.95. The predicted molar refractivity (Wildman–Crippen MR) is 82.5 cm³/mol. The number of rotatable bonds is 6. The molecular weight excluding hydrogens is 338 g/mol. The van der Waals surface area contributed by atoms with Gasteiger partial charge in [-0.25, -0.2) is 0 Å². The van der Waals surface area contributed by atoms with Crippen molar-refractivity contribution in [3.8, 4) is 11.5 Å². The molecule has 1 aromatic carbocycles. The lowest BCUT2D eigenvalue weighted by Gasteiger charge is -2.22. The molecule has 1 aromatic rings. The summed E-state index contributed by atoms with van der Waals surface area (Å²) in [5.41, 5.74) is 7.17. The van der Waals surface area contributed by atoms with Gasteiger partial charge in [-0.05, 0) is 37.5 Å². The van der Waals surface area contributed by atoms with E-state index in [1.54, 1.807) is 6.92 Å². The average molecular weight is 358 g/mol. The Labute approximate surface area is 132 Å². The van der Waals surface area contributed by atoms with Gasteiger partial charge in [0, 0.05) is 16.9 Å². The normalized spacial score (nSPS) is 14.6. The lowest BCUT2D eigenvalue weighted by molar-refractivity contribution is -0.143. The minimum atomic E-state index is -0.175. The summed E-state index contributed by atoms with van der Waals surface area (Å²) in [5.74, 6) is 1.28. The van der Waals surface area contributed by atoms with Gasteiger partial charge in [-0.1, -0.05) is 15.9 Å². The summed E-state index contributed by atoms with van der Waals surface area (Å²) in [6, 6.07) is 3.63. The number of hydrogen-bond acceptors (Lipinski definition) is 5. The van der Waals surface area contributed by atoms with Crippen molar-refractivity contribution in [2.75, 3.05) is 19.8 Å². The van der Waals surface area contributed by atoms with Crippen LogP contribution in [0.5, 0.6) is 11.5 Å². The van der Waals surface area contributed by atoms with E-state index in [-0.39, 0.29) is 12.0 Å². The van der Waals surface area contributed by atoms with Gasteiger partial charge in [0.15, 0.2) is 11.5 Å². The van der Waals surface area contributed by atoms with Crippen LogP contribution in [0.4, 0.5) is 0 Å². The SMILES string of the molecule is CCOC(=O)CCCC(N)c1cc2c(cc1Br)OCCO2. The molecule has 6 heteroatoms. The lowest BCUT2D eigenvalue weighted by atomic mass is 10.0. The average Bonchev–Trinajstić information content (AvgIpc) is 2.46. The monoisotopic (exact) mass is 357 g/mol. The Morgan fingerprint density at radius 3 is 2.71 bits per heavy atom. The third kappa shape index (κ3) is 4.35. The summed E-state index contributed by atoms with van der Waals surface area (Å²) in [6.07, 6.45) is 1.79. The van der Waals surface area contributed by atoms with Crippen molar-refractivity contribution in [2.45, 2.75) is 32.2 Å². The van der Waals surface area contributed by atoms with Crippen molar-refractivity contribution in [2.24, 2.45) is 5.73 Å². The molecule has 0 amide bonds. The van der Waals surface area contributed by atoms with Crippen LogP contribution in [0.15, 0.2) is 16.6 Å². The first-order valence-corrected chi connectivity index (χ1v) is 7.91. The summed E-state index contributed by atoms with van der Waals surface area (Å²) < 4.78 is 16.9. The summed E-state index contributed by atoms with van der Waals surface area (Å²) in [7, 11) is 0. The topological polar surface area (TPSA) is 70.8 Å². The zero-order chi connectivity index (χ0) is 15.2. The van der Waals surface area contributed by atoms with E-state index < -0.39 is 0 Å². The van der Waals surface area contributed by atoms with Crippen LogP contribution in [0.1, 0.15) is 37.8 Å². The Morgan fingerprint density at radius 1 is 1.38 bits per heavy atom. The van der Waals surface area contributed by atoms with Gasteiger partial charge in [0.2, 0.25) is 0 Å². The Kier molecular flexibility index (Phi) is 5.87. The first kappa shape index (κ1) is 16.1. The van der Waals surface area contributed by atoms with Crippen molar-refractivity contribution >= 4 is 21.9 Å². The van der Waals surface area contributed by atoms with Crippen LogP contribution in [-0.4, -0.2) is 25.8 Å². The van der Waals surface area contributed by atoms with Gasteiger partial charge in [-0.2, -0.15) is 0 Å². The number of benzene rings is 1. The van der Waals surface area contributed by atoms with Crippen LogP contribution in [-0.2, 0) is 9.53 Å². The van der Waals surface area contributed by atoms with E-state index in [9.17, 15) is 4.79 Å². The van der Waals surface area contributed by atoms with Gasteiger partial charge in [0.05, 0.1) is 6.61 Å². The van der Waals surface area contributed by atoms with Gasteiger partial charge in [-0.3, -0.25) is 4.79 Å². The van der Waals surface area contributed by atoms with E-state index in [1.165, 1.54) is 0 Å². The standard InChI is InChI=1S/C15H20BrNO4/c1-2-19-15(18)5-3-4-12(17)10-8-13-14(9-11(10)16)21-7-6-20-13/h8-9,12H,2-7,17H2,1H3. The van der Waals surface area contributed by atoms with Crippen LogP contribution in [0.25, 0.3) is 0 Å². The largest absolute Gasteiger partial charge is 0.486 e. The molecule has 1 aliphatic heterocycles. The second-order valence-electron chi connectivity index (χ2n) is 4.82. The molecule has 1 unspecified atom stereocenters. The first-order chi connectivity index (χ1) is 10.1. The number of carbonyl (C=O) groups excluding carboxylic acids is 1. The minimum absolute atomic E-state index is 0.162. The molecule has 21 heavy (non-hydrogen) atoms. The summed E-state index contributed by atoms with van der Waals surface area (Å²) in [5, 5.41) is 0. The molecule has 1 atom stereocenters. The first-order valence-electron chi connectivity index (χ1n) is 7.12. The fraction of sp³-hybridized carbons (Fsp3) is 0.533. The predicted octanol–water partition coefficient (Wildman–Crippen LogP) is 2.95. The van der Waals surface area contributed by atoms with E-state index in [0.717, 1.165) is 21.5 Å². The molecule has 0 saturated carbocycles. The summed E-state index contributed by atoms with van der Waals surface area (Å²) in [6.45, 7) is 3.32. The van der Waals surface area contributed by atoms with Crippen LogP contribution < -0.4 is 15.2 Å². The lowest BCUT2D eigenvalue weighted by Crippen LogP contribution is -2.17. The fourth-order valence-corrected chi connectivity index (χ4v) is 2.84. The maximum atomic E-state index is 11.3. The molecule has 0 bridgehead atoms. The molecule has 0 aliphatic carbocycles. The summed E-state index contributed by atoms with van der Waals surface area (Å²) >= 11 is 3.51. The van der Waals surface area contributed by atoms with E-state index in [4.69, 9.17) is 19.9 Å². The fourth-order valence-electron chi connectivity index (χ4n) is 2.22.